The fraction of sp³-hybridized carbons (Fsp3) is 0.375. The zero-order chi connectivity index (χ0) is 17.2. The van der Waals surface area contributed by atoms with Crippen molar-refractivity contribution in [2.45, 2.75) is 12.5 Å². The predicted octanol–water partition coefficient (Wildman–Crippen LogP) is 2.45. The highest BCUT2D eigenvalue weighted by Crippen LogP contribution is 2.31. The first kappa shape index (κ1) is 16.5. The van der Waals surface area contributed by atoms with E-state index in [0.717, 1.165) is 38.2 Å². The lowest BCUT2D eigenvalue weighted by Crippen LogP contribution is -2.52. The molecule has 0 saturated carbocycles. The molecule has 0 N–H and O–H groups in total. The van der Waals surface area contributed by atoms with Crippen LogP contribution in [0.25, 0.3) is 0 Å². The van der Waals surface area contributed by atoms with Gasteiger partial charge in [-0.2, -0.15) is 5.10 Å². The minimum atomic E-state index is 0.137. The summed E-state index contributed by atoms with van der Waals surface area (Å²) in [6.07, 6.45) is 10.6. The number of rotatable bonds is 3. The zero-order valence-corrected chi connectivity index (χ0v) is 14.9. The summed E-state index contributed by atoms with van der Waals surface area (Å²) in [7, 11) is 0. The maximum Gasteiger partial charge on any atom is 0.226 e. The van der Waals surface area contributed by atoms with E-state index in [-0.39, 0.29) is 6.04 Å². The van der Waals surface area contributed by atoms with Crippen LogP contribution in [0.2, 0.25) is 10.0 Å². The smallest absolute Gasteiger partial charge is 0.226 e. The van der Waals surface area contributed by atoms with Crippen LogP contribution >= 0.6 is 23.2 Å². The van der Waals surface area contributed by atoms with Gasteiger partial charge in [-0.3, -0.25) is 4.98 Å². The number of aromatic nitrogens is 3. The normalized spacial score (nSPS) is 21.1. The molecule has 2 aromatic rings. The Bertz CT molecular complexity index is 759. The van der Waals surface area contributed by atoms with Crippen LogP contribution < -0.4 is 4.90 Å². The van der Waals surface area contributed by atoms with Crippen molar-refractivity contribution in [3.05, 3.63) is 46.5 Å². The van der Waals surface area contributed by atoms with Crippen LogP contribution in [0.5, 0.6) is 0 Å². The highest BCUT2D eigenvalue weighted by Gasteiger charge is 2.31. The summed E-state index contributed by atoms with van der Waals surface area (Å²) in [6, 6.07) is 2.09. The topological polar surface area (TPSA) is 60.8 Å². The van der Waals surface area contributed by atoms with Crippen LogP contribution in [0.3, 0.4) is 0 Å². The van der Waals surface area contributed by atoms with Gasteiger partial charge in [-0.05, 0) is 11.6 Å². The number of hydrazone groups is 1. The number of pyridine rings is 1. The third kappa shape index (κ3) is 3.53. The van der Waals surface area contributed by atoms with Crippen LogP contribution in [0.1, 0.15) is 18.0 Å². The predicted molar refractivity (Wildman–Crippen MR) is 96.6 cm³/mol. The van der Waals surface area contributed by atoms with Crippen molar-refractivity contribution < 1.29 is 0 Å². The average molecular weight is 377 g/mol. The van der Waals surface area contributed by atoms with Gasteiger partial charge in [-0.1, -0.05) is 23.2 Å². The van der Waals surface area contributed by atoms with Crippen molar-refractivity contribution in [1.29, 1.82) is 0 Å². The lowest BCUT2D eigenvalue weighted by Gasteiger charge is -2.40. The number of hydrogen-bond acceptors (Lipinski definition) is 7. The molecule has 7 nitrogen and oxygen atoms in total. The van der Waals surface area contributed by atoms with E-state index in [4.69, 9.17) is 23.2 Å². The van der Waals surface area contributed by atoms with Gasteiger partial charge < -0.3 is 4.90 Å². The molecule has 9 heteroatoms. The van der Waals surface area contributed by atoms with Crippen molar-refractivity contribution in [1.82, 2.24) is 25.1 Å². The molecule has 0 aromatic carbocycles. The molecule has 4 rings (SSSR count). The van der Waals surface area contributed by atoms with Gasteiger partial charge in [0.1, 0.15) is 6.20 Å². The van der Waals surface area contributed by atoms with Crippen molar-refractivity contribution >= 4 is 35.4 Å². The molecule has 1 radical (unpaired) electrons. The molecule has 2 aliphatic rings. The van der Waals surface area contributed by atoms with E-state index in [2.05, 4.69) is 36.2 Å². The van der Waals surface area contributed by atoms with Crippen molar-refractivity contribution in [3.63, 3.8) is 0 Å². The van der Waals surface area contributed by atoms with E-state index in [0.29, 0.717) is 16.0 Å². The fourth-order valence-corrected chi connectivity index (χ4v) is 3.36. The monoisotopic (exact) mass is 376 g/mol. The van der Waals surface area contributed by atoms with Gasteiger partial charge in [-0.25, -0.2) is 20.1 Å². The lowest BCUT2D eigenvalue weighted by molar-refractivity contribution is -0.0536. The Kier molecular flexibility index (Phi) is 4.70. The van der Waals surface area contributed by atoms with Crippen molar-refractivity contribution in [3.8, 4) is 0 Å². The summed E-state index contributed by atoms with van der Waals surface area (Å²) >= 11 is 11.9. The van der Waals surface area contributed by atoms with Gasteiger partial charge in [0.2, 0.25) is 5.95 Å². The first-order valence-electron chi connectivity index (χ1n) is 8.03. The molecular weight excluding hydrogens is 361 g/mol. The average Bonchev–Trinajstić information content (AvgIpc) is 3.12. The van der Waals surface area contributed by atoms with Gasteiger partial charge >= 0.3 is 0 Å². The first-order valence-corrected chi connectivity index (χ1v) is 8.78. The Morgan fingerprint density at radius 3 is 2.64 bits per heavy atom. The summed E-state index contributed by atoms with van der Waals surface area (Å²) in [4.78, 5) is 14.8. The van der Waals surface area contributed by atoms with E-state index in [1.165, 1.54) is 0 Å². The Labute approximate surface area is 155 Å². The number of hydrazine groups is 1. The summed E-state index contributed by atoms with van der Waals surface area (Å²) < 4.78 is 0. The molecule has 129 valence electrons. The van der Waals surface area contributed by atoms with Crippen LogP contribution in [0, 0.1) is 6.20 Å². The van der Waals surface area contributed by atoms with Crippen LogP contribution in [0.15, 0.2) is 29.8 Å². The lowest BCUT2D eigenvalue weighted by atomic mass is 10.1. The minimum absolute atomic E-state index is 0.137. The largest absolute Gasteiger partial charge is 0.338 e. The van der Waals surface area contributed by atoms with Gasteiger partial charge in [-0.15, -0.1) is 0 Å². The van der Waals surface area contributed by atoms with E-state index in [9.17, 15) is 0 Å². The number of nitrogens with zero attached hydrogens (tertiary/aromatic N) is 7. The molecule has 2 aliphatic heterocycles. The maximum absolute atomic E-state index is 6.09. The molecule has 1 unspecified atom stereocenters. The SMILES string of the molecule is Clc1[c]nc(N2CCN(N3N=CCC3c3cncc(Cl)c3)CC2)nc1. The fourth-order valence-electron chi connectivity index (χ4n) is 3.08. The van der Waals surface area contributed by atoms with Gasteiger partial charge in [0.05, 0.1) is 22.3 Å². The molecule has 25 heavy (non-hydrogen) atoms. The number of halogens is 2. The standard InChI is InChI=1S/C16H16Cl2N7/c17-13-7-12(8-19-9-13)15-1-2-22-25(15)24-5-3-23(4-6-24)16-20-10-14(18)11-21-16/h2,7-10,15H,1,3-6H2. The van der Waals surface area contributed by atoms with E-state index in [1.807, 2.05) is 23.6 Å². The highest BCUT2D eigenvalue weighted by atomic mass is 35.5. The maximum atomic E-state index is 6.09. The molecule has 0 amide bonds. The molecule has 1 saturated heterocycles. The number of hydrogen-bond donors (Lipinski definition) is 0. The molecule has 0 spiro atoms. The van der Waals surface area contributed by atoms with Crippen LogP contribution in [-0.2, 0) is 0 Å². The summed E-state index contributed by atoms with van der Waals surface area (Å²) in [5.41, 5.74) is 1.07. The third-order valence-electron chi connectivity index (χ3n) is 4.30. The minimum Gasteiger partial charge on any atom is -0.338 e. The second-order valence-corrected chi connectivity index (χ2v) is 6.72. The van der Waals surface area contributed by atoms with Gasteiger partial charge in [0.15, 0.2) is 0 Å². The summed E-state index contributed by atoms with van der Waals surface area (Å²) in [5, 5.41) is 9.90. The first-order chi connectivity index (χ1) is 12.2. The highest BCUT2D eigenvalue weighted by molar-refractivity contribution is 6.30. The summed E-state index contributed by atoms with van der Waals surface area (Å²) in [5.74, 6) is 0.657. The Balaban J connectivity index is 1.43. The van der Waals surface area contributed by atoms with Gasteiger partial charge in [0, 0.05) is 51.2 Å². The number of piperazine rings is 1. The molecular formula is C16H16Cl2N7. The van der Waals surface area contributed by atoms with Crippen molar-refractivity contribution in [2.24, 2.45) is 5.10 Å². The third-order valence-corrected chi connectivity index (χ3v) is 4.69. The van der Waals surface area contributed by atoms with E-state index in [1.54, 1.807) is 12.4 Å². The van der Waals surface area contributed by atoms with Crippen LogP contribution in [-0.4, -0.2) is 57.5 Å². The quantitative estimate of drug-likeness (QED) is 0.819. The molecule has 1 fully saturated rings. The molecule has 2 aromatic heterocycles. The Morgan fingerprint density at radius 1 is 1.08 bits per heavy atom. The van der Waals surface area contributed by atoms with E-state index >= 15 is 0 Å². The second kappa shape index (κ2) is 7.11. The Morgan fingerprint density at radius 2 is 1.92 bits per heavy atom. The second-order valence-electron chi connectivity index (χ2n) is 5.88. The Hall–Kier alpha value is -1.96. The molecule has 0 aliphatic carbocycles. The van der Waals surface area contributed by atoms with Crippen molar-refractivity contribution in [2.75, 3.05) is 31.1 Å². The molecule has 1 atom stereocenters. The number of anilines is 1. The summed E-state index contributed by atoms with van der Waals surface area (Å²) in [6.45, 7) is 3.27. The molecule has 4 heterocycles. The van der Waals surface area contributed by atoms with Crippen LogP contribution in [0.4, 0.5) is 5.95 Å². The zero-order valence-electron chi connectivity index (χ0n) is 13.4. The van der Waals surface area contributed by atoms with E-state index < -0.39 is 0 Å². The molecule has 0 bridgehead atoms. The van der Waals surface area contributed by atoms with Gasteiger partial charge in [0.25, 0.3) is 0 Å².